The molecule has 19 heavy (non-hydrogen) atoms. The van der Waals surface area contributed by atoms with Crippen molar-refractivity contribution >= 4 is 11.6 Å². The van der Waals surface area contributed by atoms with E-state index in [2.05, 4.69) is 4.90 Å². The quantitative estimate of drug-likeness (QED) is 0.928. The van der Waals surface area contributed by atoms with E-state index in [1.165, 1.54) is 7.11 Å². The van der Waals surface area contributed by atoms with Crippen LogP contribution in [0.4, 0.5) is 4.39 Å². The summed E-state index contributed by atoms with van der Waals surface area (Å²) < 4.78 is 19.6. The van der Waals surface area contributed by atoms with Crippen LogP contribution in [-0.2, 0) is 0 Å². The third kappa shape index (κ3) is 2.57. The molecule has 1 aromatic carbocycles. The zero-order valence-corrected chi connectivity index (χ0v) is 12.3. The Morgan fingerprint density at radius 2 is 2.26 bits per heavy atom. The van der Waals surface area contributed by atoms with E-state index in [0.29, 0.717) is 23.0 Å². The number of methoxy groups -OCH3 is 1. The molecule has 1 aromatic rings. The van der Waals surface area contributed by atoms with Crippen molar-refractivity contribution < 1.29 is 9.13 Å². The van der Waals surface area contributed by atoms with Gasteiger partial charge >= 0.3 is 0 Å². The molecule has 0 radical (unpaired) electrons. The molecule has 1 heterocycles. The normalized spacial score (nSPS) is 23.9. The van der Waals surface area contributed by atoms with Crippen LogP contribution in [0, 0.1) is 18.7 Å². The highest BCUT2D eigenvalue weighted by Crippen LogP contribution is 2.41. The third-order valence-corrected chi connectivity index (χ3v) is 4.37. The van der Waals surface area contributed by atoms with Crippen LogP contribution in [0.15, 0.2) is 6.07 Å². The number of nitrogens with zero attached hydrogens (tertiary/aromatic N) is 1. The Kier molecular flexibility index (Phi) is 4.33. The lowest BCUT2D eigenvalue weighted by molar-refractivity contribution is 0.302. The van der Waals surface area contributed by atoms with Crippen molar-refractivity contribution in [2.45, 2.75) is 19.4 Å². The van der Waals surface area contributed by atoms with Gasteiger partial charge in [0.1, 0.15) is 0 Å². The van der Waals surface area contributed by atoms with Gasteiger partial charge in [0.2, 0.25) is 0 Å². The van der Waals surface area contributed by atoms with Gasteiger partial charge in [-0.2, -0.15) is 0 Å². The molecule has 1 saturated heterocycles. The van der Waals surface area contributed by atoms with Gasteiger partial charge in [-0.05, 0) is 44.5 Å². The highest BCUT2D eigenvalue weighted by Gasteiger charge is 2.33. The molecule has 1 aliphatic rings. The first-order valence-corrected chi connectivity index (χ1v) is 6.80. The molecular formula is C14H20ClFN2O. The van der Waals surface area contributed by atoms with E-state index >= 15 is 0 Å². The molecule has 1 aliphatic heterocycles. The predicted octanol–water partition coefficient (Wildman–Crippen LogP) is 2.75. The molecule has 0 aromatic heterocycles. The van der Waals surface area contributed by atoms with Crippen molar-refractivity contribution in [1.82, 2.24) is 4.90 Å². The third-order valence-electron chi connectivity index (χ3n) is 3.90. The SMILES string of the molecule is COc1c(F)c(C2CC(CN)CN2C)cc(C)c1Cl. The van der Waals surface area contributed by atoms with E-state index in [-0.39, 0.29) is 17.6 Å². The Bertz CT molecular complexity index is 481. The Morgan fingerprint density at radius 1 is 1.58 bits per heavy atom. The molecule has 2 rings (SSSR count). The van der Waals surface area contributed by atoms with Crippen LogP contribution in [0.3, 0.4) is 0 Å². The number of benzene rings is 1. The van der Waals surface area contributed by atoms with Crippen molar-refractivity contribution in [1.29, 1.82) is 0 Å². The van der Waals surface area contributed by atoms with E-state index in [1.807, 2.05) is 20.0 Å². The number of nitrogens with two attached hydrogens (primary N) is 1. The largest absolute Gasteiger partial charge is 0.492 e. The summed E-state index contributed by atoms with van der Waals surface area (Å²) in [5.74, 6) is 0.199. The van der Waals surface area contributed by atoms with Gasteiger partial charge in [-0.3, -0.25) is 4.90 Å². The minimum absolute atomic E-state index is 0.0402. The van der Waals surface area contributed by atoms with Gasteiger partial charge < -0.3 is 10.5 Å². The topological polar surface area (TPSA) is 38.5 Å². The monoisotopic (exact) mass is 286 g/mol. The van der Waals surface area contributed by atoms with Crippen molar-refractivity contribution in [2.75, 3.05) is 27.2 Å². The zero-order valence-electron chi connectivity index (χ0n) is 11.5. The molecule has 5 heteroatoms. The van der Waals surface area contributed by atoms with E-state index < -0.39 is 0 Å². The maximum atomic E-state index is 14.5. The summed E-state index contributed by atoms with van der Waals surface area (Å²) in [5, 5.41) is 0.347. The molecule has 106 valence electrons. The second-order valence-electron chi connectivity index (χ2n) is 5.24. The maximum Gasteiger partial charge on any atom is 0.173 e. The predicted molar refractivity (Wildman–Crippen MR) is 75.2 cm³/mol. The Hall–Kier alpha value is -0.840. The fraction of sp³-hybridized carbons (Fsp3) is 0.571. The zero-order chi connectivity index (χ0) is 14.2. The molecule has 0 spiro atoms. The standard InChI is InChI=1S/C14H20ClFN2O/c1-8-4-10(13(16)14(19-3)12(8)15)11-5-9(6-17)7-18(11)2/h4,9,11H,5-7,17H2,1-3H3. The minimum Gasteiger partial charge on any atom is -0.492 e. The van der Waals surface area contributed by atoms with Crippen molar-refractivity contribution in [3.63, 3.8) is 0 Å². The number of likely N-dealkylation sites (tertiary alicyclic amines) is 1. The molecule has 0 amide bonds. The van der Waals surface area contributed by atoms with Crippen LogP contribution in [0.2, 0.25) is 5.02 Å². The van der Waals surface area contributed by atoms with Crippen LogP contribution in [0.5, 0.6) is 5.75 Å². The molecule has 1 fully saturated rings. The summed E-state index contributed by atoms with van der Waals surface area (Å²) in [4.78, 5) is 2.14. The van der Waals surface area contributed by atoms with Crippen LogP contribution in [0.25, 0.3) is 0 Å². The summed E-state index contributed by atoms with van der Waals surface area (Å²) >= 11 is 6.07. The van der Waals surface area contributed by atoms with Gasteiger partial charge in [0, 0.05) is 18.2 Å². The van der Waals surface area contributed by atoms with Crippen LogP contribution < -0.4 is 10.5 Å². The molecule has 2 N–H and O–H groups in total. The average Bonchev–Trinajstić information content (AvgIpc) is 2.76. The summed E-state index contributed by atoms with van der Waals surface area (Å²) in [6, 6.07) is 1.86. The van der Waals surface area contributed by atoms with Crippen LogP contribution in [-0.4, -0.2) is 32.1 Å². The number of halogens is 2. The van der Waals surface area contributed by atoms with Crippen molar-refractivity contribution in [3.8, 4) is 5.75 Å². The number of hydrogen-bond acceptors (Lipinski definition) is 3. The van der Waals surface area contributed by atoms with Crippen molar-refractivity contribution in [2.24, 2.45) is 11.7 Å². The average molecular weight is 287 g/mol. The van der Waals surface area contributed by atoms with Gasteiger partial charge in [-0.15, -0.1) is 0 Å². The smallest absolute Gasteiger partial charge is 0.173 e. The molecule has 2 atom stereocenters. The molecule has 0 saturated carbocycles. The molecule has 3 nitrogen and oxygen atoms in total. The summed E-state index contributed by atoms with van der Waals surface area (Å²) in [5.41, 5.74) is 7.20. The fourth-order valence-electron chi connectivity index (χ4n) is 2.83. The second kappa shape index (κ2) is 5.65. The van der Waals surface area contributed by atoms with Crippen LogP contribution in [0.1, 0.15) is 23.6 Å². The highest BCUT2D eigenvalue weighted by molar-refractivity contribution is 6.32. The van der Waals surface area contributed by atoms with Gasteiger partial charge in [0.05, 0.1) is 12.1 Å². The van der Waals surface area contributed by atoms with Gasteiger partial charge in [-0.25, -0.2) is 4.39 Å². The van der Waals surface area contributed by atoms with Gasteiger partial charge in [0.25, 0.3) is 0 Å². The minimum atomic E-state index is -0.354. The van der Waals surface area contributed by atoms with Gasteiger partial charge in [0.15, 0.2) is 11.6 Å². The van der Waals surface area contributed by atoms with E-state index in [0.717, 1.165) is 18.5 Å². The molecule has 0 aliphatic carbocycles. The summed E-state index contributed by atoms with van der Waals surface area (Å²) in [7, 11) is 3.44. The molecule has 0 bridgehead atoms. The lowest BCUT2D eigenvalue weighted by atomic mass is 9.97. The lowest BCUT2D eigenvalue weighted by Gasteiger charge is -2.22. The first-order chi connectivity index (χ1) is 8.99. The Morgan fingerprint density at radius 3 is 2.79 bits per heavy atom. The number of ether oxygens (including phenoxy) is 1. The Labute approximate surface area is 118 Å². The molecule has 2 unspecified atom stereocenters. The summed E-state index contributed by atoms with van der Waals surface area (Å²) in [6.07, 6.45) is 0.869. The van der Waals surface area contributed by atoms with Crippen LogP contribution >= 0.6 is 11.6 Å². The van der Waals surface area contributed by atoms with Gasteiger partial charge in [-0.1, -0.05) is 11.6 Å². The molecular weight excluding hydrogens is 267 g/mol. The lowest BCUT2D eigenvalue weighted by Crippen LogP contribution is -2.21. The second-order valence-corrected chi connectivity index (χ2v) is 5.61. The highest BCUT2D eigenvalue weighted by atomic mass is 35.5. The summed E-state index contributed by atoms with van der Waals surface area (Å²) in [6.45, 7) is 3.39. The first kappa shape index (κ1) is 14.6. The van der Waals surface area contributed by atoms with E-state index in [4.69, 9.17) is 22.1 Å². The Balaban J connectivity index is 2.43. The number of aryl methyl sites for hydroxylation is 1. The van der Waals surface area contributed by atoms with E-state index in [1.54, 1.807) is 0 Å². The number of hydrogen-bond donors (Lipinski definition) is 1. The first-order valence-electron chi connectivity index (χ1n) is 6.42. The number of rotatable bonds is 3. The maximum absolute atomic E-state index is 14.5. The fourth-order valence-corrected chi connectivity index (χ4v) is 3.04. The van der Waals surface area contributed by atoms with Crippen molar-refractivity contribution in [3.05, 3.63) is 28.0 Å². The van der Waals surface area contributed by atoms with E-state index in [9.17, 15) is 4.39 Å².